The predicted molar refractivity (Wildman–Crippen MR) is 115 cm³/mol. The van der Waals surface area contributed by atoms with E-state index in [4.69, 9.17) is 4.65 Å². The van der Waals surface area contributed by atoms with Crippen molar-refractivity contribution in [2.24, 2.45) is 0 Å². The zero-order valence-corrected chi connectivity index (χ0v) is 16.5. The zero-order valence-electron chi connectivity index (χ0n) is 15.7. The monoisotopic (exact) mass is 362 g/mol. The molecule has 3 aromatic carbocycles. The lowest BCUT2D eigenvalue weighted by molar-refractivity contribution is -0.0893. The van der Waals surface area contributed by atoms with Gasteiger partial charge in [-0.05, 0) is 50.6 Å². The molecule has 0 saturated carbocycles. The smallest absolute Gasteiger partial charge is 0.309 e. The van der Waals surface area contributed by atoms with Crippen LogP contribution in [0.5, 0.6) is 0 Å². The molecule has 0 amide bonds. The molecule has 132 valence electrons. The highest BCUT2D eigenvalue weighted by Gasteiger charge is 2.35. The molecule has 1 N–H and O–H groups in total. The first-order valence-corrected chi connectivity index (χ1v) is 9.77. The average Bonchev–Trinajstić information content (AvgIpc) is 2.97. The highest BCUT2D eigenvalue weighted by molar-refractivity contribution is 7.26. The van der Waals surface area contributed by atoms with Gasteiger partial charge in [0.25, 0.3) is 0 Å². The van der Waals surface area contributed by atoms with Crippen molar-refractivity contribution >= 4 is 55.2 Å². The lowest BCUT2D eigenvalue weighted by Gasteiger charge is -2.37. The number of hydrogen-bond donors (Lipinski definition) is 1. The molecule has 2 nitrogen and oxygen atoms in total. The summed E-state index contributed by atoms with van der Waals surface area (Å²) in [5.74, 6) is 0. The third-order valence-corrected chi connectivity index (χ3v) is 6.63. The first-order chi connectivity index (χ1) is 12.3. The van der Waals surface area contributed by atoms with Gasteiger partial charge in [0.2, 0.25) is 0 Å². The van der Waals surface area contributed by atoms with Crippen LogP contribution in [0.25, 0.3) is 30.9 Å². The molecule has 1 aromatic heterocycles. The van der Waals surface area contributed by atoms with E-state index in [1.54, 1.807) is 13.8 Å². The summed E-state index contributed by atoms with van der Waals surface area (Å²) in [4.78, 5) is 0. The van der Waals surface area contributed by atoms with Gasteiger partial charge in [-0.2, -0.15) is 0 Å². The van der Waals surface area contributed by atoms with Crippen LogP contribution in [0.15, 0.2) is 54.6 Å². The Labute approximate surface area is 158 Å². The van der Waals surface area contributed by atoms with Crippen LogP contribution >= 0.6 is 11.3 Å². The number of rotatable bonds is 4. The molecule has 0 aliphatic rings. The Kier molecular flexibility index (Phi) is 4.10. The molecule has 4 heteroatoms. The predicted octanol–water partition coefficient (Wildman–Crippen LogP) is 4.75. The second-order valence-corrected chi connectivity index (χ2v) is 9.03. The minimum Gasteiger partial charge on any atom is -0.427 e. The quantitative estimate of drug-likeness (QED) is 0.531. The minimum atomic E-state index is -0.900. The van der Waals surface area contributed by atoms with Gasteiger partial charge in [-0.25, -0.2) is 0 Å². The van der Waals surface area contributed by atoms with Crippen molar-refractivity contribution in [1.29, 1.82) is 0 Å². The van der Waals surface area contributed by atoms with Gasteiger partial charge in [-0.15, -0.1) is 11.3 Å². The van der Waals surface area contributed by atoms with E-state index in [1.807, 2.05) is 25.2 Å². The summed E-state index contributed by atoms with van der Waals surface area (Å²) < 4.78 is 8.67. The largest absolute Gasteiger partial charge is 0.427 e. The molecule has 4 aromatic rings. The maximum atomic E-state index is 10.3. The van der Waals surface area contributed by atoms with Crippen LogP contribution in [-0.4, -0.2) is 23.8 Å². The molecule has 4 rings (SSSR count). The van der Waals surface area contributed by atoms with Crippen molar-refractivity contribution in [3.63, 3.8) is 0 Å². The molecular weight excluding hydrogens is 339 g/mol. The van der Waals surface area contributed by atoms with Gasteiger partial charge < -0.3 is 9.76 Å². The van der Waals surface area contributed by atoms with Crippen molar-refractivity contribution in [2.45, 2.75) is 38.9 Å². The highest BCUT2D eigenvalue weighted by atomic mass is 32.1. The molecular formula is C22H23BO2S. The van der Waals surface area contributed by atoms with E-state index in [9.17, 15) is 5.11 Å². The van der Waals surface area contributed by atoms with Crippen LogP contribution in [0, 0.1) is 0 Å². The van der Waals surface area contributed by atoms with Gasteiger partial charge in [0.15, 0.2) is 0 Å². The van der Waals surface area contributed by atoms with Crippen molar-refractivity contribution in [1.82, 2.24) is 0 Å². The lowest BCUT2D eigenvalue weighted by Crippen LogP contribution is -2.49. The third-order valence-electron chi connectivity index (χ3n) is 5.50. The Morgan fingerprint density at radius 1 is 0.885 bits per heavy atom. The van der Waals surface area contributed by atoms with E-state index < -0.39 is 11.2 Å². The zero-order chi connectivity index (χ0) is 18.5. The topological polar surface area (TPSA) is 29.5 Å². The van der Waals surface area contributed by atoms with Gasteiger partial charge in [0.1, 0.15) is 0 Å². The van der Waals surface area contributed by atoms with E-state index in [1.165, 1.54) is 30.9 Å². The second kappa shape index (κ2) is 6.09. The van der Waals surface area contributed by atoms with Crippen LogP contribution in [0.2, 0.25) is 0 Å². The summed E-state index contributed by atoms with van der Waals surface area (Å²) in [6, 6.07) is 19.5. The van der Waals surface area contributed by atoms with Gasteiger partial charge in [-0.1, -0.05) is 47.9 Å². The molecule has 0 fully saturated rings. The summed E-state index contributed by atoms with van der Waals surface area (Å²) in [5.41, 5.74) is -0.393. The number of fused-ring (bicyclic) bond motifs is 5. The summed E-state index contributed by atoms with van der Waals surface area (Å²) in [6.45, 7) is 7.43. The van der Waals surface area contributed by atoms with E-state index in [-0.39, 0.29) is 0 Å². The Morgan fingerprint density at radius 3 is 2.38 bits per heavy atom. The molecule has 0 saturated heterocycles. The fourth-order valence-electron chi connectivity index (χ4n) is 3.12. The van der Waals surface area contributed by atoms with Gasteiger partial charge in [0, 0.05) is 20.2 Å². The van der Waals surface area contributed by atoms with Crippen molar-refractivity contribution in [3.05, 3.63) is 54.6 Å². The maximum Gasteiger partial charge on any atom is 0.309 e. The summed E-state index contributed by atoms with van der Waals surface area (Å²) in [7, 11) is 0.481. The molecule has 0 radical (unpaired) electrons. The molecule has 0 aliphatic carbocycles. The fraction of sp³-hybridized carbons (Fsp3) is 0.273. The Balaban J connectivity index is 1.79. The molecule has 0 atom stereocenters. The molecule has 0 unspecified atom stereocenters. The lowest BCUT2D eigenvalue weighted by atomic mass is 9.82. The number of thiophene rings is 1. The molecule has 0 spiro atoms. The highest BCUT2D eigenvalue weighted by Crippen LogP contribution is 2.37. The van der Waals surface area contributed by atoms with E-state index >= 15 is 0 Å². The molecule has 1 heterocycles. The van der Waals surface area contributed by atoms with Crippen LogP contribution in [0.3, 0.4) is 0 Å². The Morgan fingerprint density at radius 2 is 1.62 bits per heavy atom. The first kappa shape index (κ1) is 17.5. The summed E-state index contributed by atoms with van der Waals surface area (Å²) >= 11 is 1.83. The van der Waals surface area contributed by atoms with Crippen LogP contribution in [0.1, 0.15) is 27.7 Å². The fourth-order valence-corrected chi connectivity index (χ4v) is 4.23. The Bertz CT molecular complexity index is 1110. The van der Waals surface area contributed by atoms with Crippen LogP contribution in [-0.2, 0) is 4.65 Å². The van der Waals surface area contributed by atoms with Crippen molar-refractivity contribution < 1.29 is 9.76 Å². The third kappa shape index (κ3) is 2.92. The number of aliphatic hydroxyl groups is 1. The number of benzene rings is 3. The molecule has 26 heavy (non-hydrogen) atoms. The molecule has 0 bridgehead atoms. The summed E-state index contributed by atoms with van der Waals surface area (Å²) in [6.07, 6.45) is 0. The van der Waals surface area contributed by atoms with E-state index in [0.29, 0.717) is 7.48 Å². The van der Waals surface area contributed by atoms with Gasteiger partial charge >= 0.3 is 7.48 Å². The van der Waals surface area contributed by atoms with Crippen molar-refractivity contribution in [2.75, 3.05) is 0 Å². The average molecular weight is 362 g/mol. The SMILES string of the molecule is CC(C)(O)C(C)(C)OBc1ccc2sc3ccc4ccccc4c3c2c1. The first-order valence-electron chi connectivity index (χ1n) is 8.95. The Hall–Kier alpha value is -1.88. The standard InChI is InChI=1S/C22H23BO2S/c1-21(2,24)22(3,4)25-23-15-10-12-18-17(13-15)20-16-8-6-5-7-14(16)9-11-19(20)26-18/h5-13,23-24H,1-4H3. The van der Waals surface area contributed by atoms with E-state index in [0.717, 1.165) is 5.46 Å². The number of hydrogen-bond acceptors (Lipinski definition) is 3. The minimum absolute atomic E-state index is 0.481. The second-order valence-electron chi connectivity index (χ2n) is 7.95. The molecule has 0 aliphatic heterocycles. The van der Waals surface area contributed by atoms with Gasteiger partial charge in [0.05, 0.1) is 11.2 Å². The van der Waals surface area contributed by atoms with E-state index in [2.05, 4.69) is 54.6 Å². The normalized spacial score (nSPS) is 13.0. The summed E-state index contributed by atoms with van der Waals surface area (Å²) in [5, 5.41) is 15.5. The maximum absolute atomic E-state index is 10.3. The van der Waals surface area contributed by atoms with Gasteiger partial charge in [-0.3, -0.25) is 0 Å². The van der Waals surface area contributed by atoms with Crippen LogP contribution in [0.4, 0.5) is 0 Å². The van der Waals surface area contributed by atoms with Crippen molar-refractivity contribution in [3.8, 4) is 0 Å². The van der Waals surface area contributed by atoms with Crippen LogP contribution < -0.4 is 5.46 Å².